The van der Waals surface area contributed by atoms with E-state index in [2.05, 4.69) is 21.2 Å². The van der Waals surface area contributed by atoms with Crippen LogP contribution in [0.25, 0.3) is 0 Å². The van der Waals surface area contributed by atoms with Gasteiger partial charge in [0.15, 0.2) is 0 Å². The number of Topliss-reactive ketones (excluding diaryl/α,β-unsaturated/α-hetero) is 1. The van der Waals surface area contributed by atoms with E-state index in [0.717, 1.165) is 6.42 Å². The molecule has 2 bridgehead atoms. The second kappa shape index (κ2) is 4.63. The molecular weight excluding hydrogens is 349 g/mol. The Hall–Kier alpha value is -1.23. The fourth-order valence-corrected chi connectivity index (χ4v) is 4.64. The summed E-state index contributed by atoms with van der Waals surface area (Å²) in [4.78, 5) is 25.4. The summed E-state index contributed by atoms with van der Waals surface area (Å²) in [6.07, 6.45) is 1.75. The molecule has 5 heteroatoms. The molecule has 2 saturated carbocycles. The summed E-state index contributed by atoms with van der Waals surface area (Å²) in [7, 11) is 0. The Bertz CT molecular complexity index is 687. The summed E-state index contributed by atoms with van der Waals surface area (Å²) in [6, 6.07) is 4.16. The van der Waals surface area contributed by atoms with Crippen LogP contribution in [0, 0.1) is 22.1 Å². The summed E-state index contributed by atoms with van der Waals surface area (Å²) in [6.45, 7) is 6.01. The molecule has 0 saturated heterocycles. The van der Waals surface area contributed by atoms with Crippen LogP contribution in [0.15, 0.2) is 22.7 Å². The van der Waals surface area contributed by atoms with Crippen LogP contribution in [0.5, 0.6) is 0 Å². The summed E-state index contributed by atoms with van der Waals surface area (Å²) in [5.41, 5.74) is -0.949. The zero-order valence-corrected chi connectivity index (χ0v) is 14.5. The lowest BCUT2D eigenvalue weighted by molar-refractivity contribution is -0.131. The first-order chi connectivity index (χ1) is 10.1. The van der Waals surface area contributed by atoms with E-state index in [0.29, 0.717) is 23.0 Å². The summed E-state index contributed by atoms with van der Waals surface area (Å²) in [5.74, 6) is -0.329. The zero-order chi connectivity index (χ0) is 16.3. The van der Waals surface area contributed by atoms with Crippen molar-refractivity contribution >= 4 is 33.3 Å². The maximum Gasteiger partial charge on any atom is 0.231 e. The molecule has 0 spiro atoms. The largest absolute Gasteiger partial charge is 0.325 e. The van der Waals surface area contributed by atoms with Gasteiger partial charge in [-0.2, -0.15) is 0 Å². The molecule has 3 nitrogen and oxygen atoms in total. The third-order valence-corrected chi connectivity index (χ3v) is 6.98. The number of halogens is 2. The van der Waals surface area contributed by atoms with Crippen molar-refractivity contribution in [1.29, 1.82) is 0 Å². The molecule has 1 amide bonds. The van der Waals surface area contributed by atoms with E-state index < -0.39 is 10.8 Å². The Labute approximate surface area is 137 Å². The molecule has 2 aliphatic carbocycles. The number of anilines is 1. The van der Waals surface area contributed by atoms with Crippen LogP contribution in [0.4, 0.5) is 10.1 Å². The monoisotopic (exact) mass is 367 g/mol. The molecule has 118 valence electrons. The fourth-order valence-electron chi connectivity index (χ4n) is 4.19. The van der Waals surface area contributed by atoms with E-state index in [4.69, 9.17) is 0 Å². The van der Waals surface area contributed by atoms with Gasteiger partial charge in [0.1, 0.15) is 11.6 Å². The van der Waals surface area contributed by atoms with E-state index in [9.17, 15) is 14.0 Å². The Morgan fingerprint density at radius 1 is 1.27 bits per heavy atom. The van der Waals surface area contributed by atoms with Crippen LogP contribution in [-0.4, -0.2) is 11.7 Å². The number of nitrogens with one attached hydrogen (secondary N) is 1. The topological polar surface area (TPSA) is 46.2 Å². The normalized spacial score (nSPS) is 32.3. The van der Waals surface area contributed by atoms with Gasteiger partial charge in [0, 0.05) is 16.3 Å². The Morgan fingerprint density at radius 2 is 1.95 bits per heavy atom. The highest BCUT2D eigenvalue weighted by Crippen LogP contribution is 2.70. The lowest BCUT2D eigenvalue weighted by atomic mass is 9.64. The van der Waals surface area contributed by atoms with Gasteiger partial charge >= 0.3 is 0 Å². The van der Waals surface area contributed by atoms with Gasteiger partial charge in [0.25, 0.3) is 0 Å². The van der Waals surface area contributed by atoms with Crippen LogP contribution in [0.1, 0.15) is 40.0 Å². The lowest BCUT2D eigenvalue weighted by Crippen LogP contribution is -2.43. The van der Waals surface area contributed by atoms with Crippen LogP contribution in [0.3, 0.4) is 0 Å². The lowest BCUT2D eigenvalue weighted by Gasteiger charge is -2.38. The predicted molar refractivity (Wildman–Crippen MR) is 85.9 cm³/mol. The van der Waals surface area contributed by atoms with Gasteiger partial charge in [0.2, 0.25) is 5.91 Å². The third-order valence-electron chi connectivity index (χ3n) is 6.32. The highest BCUT2D eigenvalue weighted by molar-refractivity contribution is 9.10. The molecule has 0 unspecified atom stereocenters. The molecule has 0 aromatic heterocycles. The molecule has 1 aromatic carbocycles. The van der Waals surface area contributed by atoms with E-state index in [1.165, 1.54) is 18.2 Å². The average Bonchev–Trinajstić information content (AvgIpc) is 2.72. The standard InChI is InChI=1S/C17H19BrFNO2/c1-15(2)16(3)6-7-17(15,9-13(16)21)14(22)20-12-5-4-10(19)8-11(12)18/h4-5,8H,6-7,9H2,1-3H3,(H,20,22)/t16-,17-/m1/s1. The maximum absolute atomic E-state index is 13.2. The predicted octanol–water partition coefficient (Wildman–Crippen LogP) is 4.31. The number of hydrogen-bond donors (Lipinski definition) is 1. The fraction of sp³-hybridized carbons (Fsp3) is 0.529. The maximum atomic E-state index is 13.2. The van der Waals surface area contributed by atoms with Gasteiger partial charge in [-0.1, -0.05) is 20.8 Å². The molecule has 3 rings (SSSR count). The molecule has 2 atom stereocenters. The smallest absolute Gasteiger partial charge is 0.231 e. The molecule has 1 N–H and O–H groups in total. The van der Waals surface area contributed by atoms with Crippen molar-refractivity contribution < 1.29 is 14.0 Å². The number of rotatable bonds is 2. The first-order valence-electron chi connectivity index (χ1n) is 7.44. The summed E-state index contributed by atoms with van der Waals surface area (Å²) >= 11 is 3.26. The minimum Gasteiger partial charge on any atom is -0.325 e. The van der Waals surface area contributed by atoms with Crippen LogP contribution < -0.4 is 5.32 Å². The Balaban J connectivity index is 1.94. The van der Waals surface area contributed by atoms with E-state index >= 15 is 0 Å². The molecule has 22 heavy (non-hydrogen) atoms. The number of carbonyl (C=O) groups excluding carboxylic acids is 2. The molecular formula is C17H19BrFNO2. The number of benzene rings is 1. The minimum atomic E-state index is -0.674. The summed E-state index contributed by atoms with van der Waals surface area (Å²) in [5, 5.41) is 2.89. The van der Waals surface area contributed by atoms with Gasteiger partial charge < -0.3 is 5.32 Å². The van der Waals surface area contributed by atoms with Gasteiger partial charge in [0.05, 0.1) is 11.1 Å². The van der Waals surface area contributed by atoms with E-state index in [-0.39, 0.29) is 22.9 Å². The van der Waals surface area contributed by atoms with Crippen molar-refractivity contribution in [3.8, 4) is 0 Å². The van der Waals surface area contributed by atoms with Crippen molar-refractivity contribution in [3.05, 3.63) is 28.5 Å². The molecule has 1 aromatic rings. The van der Waals surface area contributed by atoms with Crippen molar-refractivity contribution in [2.75, 3.05) is 5.32 Å². The highest BCUT2D eigenvalue weighted by Gasteiger charge is 2.72. The Kier molecular flexibility index (Phi) is 3.30. The quantitative estimate of drug-likeness (QED) is 0.846. The van der Waals surface area contributed by atoms with Gasteiger partial charge in [-0.05, 0) is 52.4 Å². The van der Waals surface area contributed by atoms with Crippen molar-refractivity contribution in [3.63, 3.8) is 0 Å². The number of carbonyl (C=O) groups is 2. The highest BCUT2D eigenvalue weighted by atomic mass is 79.9. The van der Waals surface area contributed by atoms with Crippen LogP contribution in [0.2, 0.25) is 0 Å². The second-order valence-electron chi connectivity index (χ2n) is 7.22. The number of hydrogen-bond acceptors (Lipinski definition) is 2. The van der Waals surface area contributed by atoms with Crippen molar-refractivity contribution in [2.45, 2.75) is 40.0 Å². The first kappa shape index (κ1) is 15.7. The van der Waals surface area contributed by atoms with Crippen LogP contribution in [-0.2, 0) is 9.59 Å². The SMILES string of the molecule is CC1(C)[C@]2(C(=O)Nc3ccc(F)cc3Br)CC[C@]1(C)C(=O)C2. The molecule has 0 radical (unpaired) electrons. The van der Waals surface area contributed by atoms with Gasteiger partial charge in [-0.15, -0.1) is 0 Å². The van der Waals surface area contributed by atoms with E-state index in [1.807, 2.05) is 20.8 Å². The average molecular weight is 368 g/mol. The number of ketones is 1. The van der Waals surface area contributed by atoms with Crippen molar-refractivity contribution in [2.24, 2.45) is 16.2 Å². The molecule has 0 aliphatic heterocycles. The van der Waals surface area contributed by atoms with Crippen molar-refractivity contribution in [1.82, 2.24) is 0 Å². The molecule has 2 aliphatic rings. The van der Waals surface area contributed by atoms with Gasteiger partial charge in [-0.3, -0.25) is 9.59 Å². The summed E-state index contributed by atoms with van der Waals surface area (Å²) < 4.78 is 13.7. The number of amides is 1. The van der Waals surface area contributed by atoms with Crippen LogP contribution >= 0.6 is 15.9 Å². The number of fused-ring (bicyclic) bond motifs is 2. The zero-order valence-electron chi connectivity index (χ0n) is 12.9. The van der Waals surface area contributed by atoms with E-state index in [1.54, 1.807) is 0 Å². The first-order valence-corrected chi connectivity index (χ1v) is 8.23. The Morgan fingerprint density at radius 3 is 2.45 bits per heavy atom. The molecule has 0 heterocycles. The second-order valence-corrected chi connectivity index (χ2v) is 8.07. The van der Waals surface area contributed by atoms with Gasteiger partial charge in [-0.25, -0.2) is 4.39 Å². The minimum absolute atomic E-state index is 0.139. The third kappa shape index (κ3) is 1.78. The molecule has 2 fully saturated rings.